The summed E-state index contributed by atoms with van der Waals surface area (Å²) < 4.78 is 28.1. The van der Waals surface area contributed by atoms with E-state index in [0.717, 1.165) is 6.42 Å². The van der Waals surface area contributed by atoms with Crippen LogP contribution in [0.3, 0.4) is 0 Å². The Labute approximate surface area is 99.5 Å². The number of hydrogen-bond donors (Lipinski definition) is 1. The molecule has 1 N–H and O–H groups in total. The molecule has 1 saturated heterocycles. The molecule has 0 aromatic heterocycles. The predicted molar refractivity (Wildman–Crippen MR) is 57.9 cm³/mol. The normalized spacial score (nSPS) is 18.3. The van der Waals surface area contributed by atoms with E-state index in [-0.39, 0.29) is 18.9 Å². The molecule has 1 rings (SSSR count). The molecule has 4 nitrogen and oxygen atoms in total. The summed E-state index contributed by atoms with van der Waals surface area (Å²) >= 11 is 0. The first-order valence-corrected chi connectivity index (χ1v) is 5.83. The van der Waals surface area contributed by atoms with Crippen LogP contribution in [0.4, 0.5) is 8.78 Å². The topological polar surface area (TPSA) is 49.8 Å². The Morgan fingerprint density at radius 2 is 2.18 bits per heavy atom. The van der Waals surface area contributed by atoms with Crippen molar-refractivity contribution in [2.24, 2.45) is 0 Å². The van der Waals surface area contributed by atoms with Gasteiger partial charge in [0.2, 0.25) is 5.91 Å². The van der Waals surface area contributed by atoms with Crippen LogP contribution in [-0.2, 0) is 9.53 Å². The molecular formula is C11H19F2NO3. The average molecular weight is 251 g/mol. The van der Waals surface area contributed by atoms with E-state index >= 15 is 0 Å². The van der Waals surface area contributed by atoms with Crippen LogP contribution in [0.15, 0.2) is 0 Å². The lowest BCUT2D eigenvalue weighted by Crippen LogP contribution is -2.63. The minimum Gasteiger partial charge on any atom is -0.386 e. The molecule has 0 aromatic rings. The highest BCUT2D eigenvalue weighted by atomic mass is 19.3. The molecule has 17 heavy (non-hydrogen) atoms. The highest BCUT2D eigenvalue weighted by Gasteiger charge is 2.42. The number of alkyl halides is 2. The van der Waals surface area contributed by atoms with Crippen molar-refractivity contribution < 1.29 is 23.4 Å². The number of rotatable bonds is 7. The van der Waals surface area contributed by atoms with Crippen molar-refractivity contribution in [3.63, 3.8) is 0 Å². The van der Waals surface area contributed by atoms with Gasteiger partial charge in [-0.1, -0.05) is 13.3 Å². The maximum atomic E-state index is 11.7. The Bertz CT molecular complexity index is 255. The van der Waals surface area contributed by atoms with Crippen LogP contribution in [0, 0.1) is 0 Å². The summed E-state index contributed by atoms with van der Waals surface area (Å²) in [6, 6.07) is 0. The lowest BCUT2D eigenvalue weighted by molar-refractivity contribution is -0.157. The number of aliphatic hydroxyl groups is 1. The van der Waals surface area contributed by atoms with E-state index < -0.39 is 18.6 Å². The minimum absolute atomic E-state index is 0.00583. The first kappa shape index (κ1) is 14.3. The lowest BCUT2D eigenvalue weighted by Gasteiger charge is -2.46. The molecule has 0 aliphatic carbocycles. The number of nitrogens with zero attached hydrogens (tertiary/aromatic N) is 1. The number of ether oxygens (including phenoxy) is 1. The number of amides is 1. The second kappa shape index (κ2) is 6.26. The van der Waals surface area contributed by atoms with Crippen molar-refractivity contribution in [2.75, 3.05) is 26.3 Å². The SMILES string of the molecule is CCCC1(O)CN(C(=O)CCOCC(F)F)C1. The van der Waals surface area contributed by atoms with Gasteiger partial charge in [0, 0.05) is 0 Å². The van der Waals surface area contributed by atoms with Gasteiger partial charge in [-0.25, -0.2) is 8.78 Å². The van der Waals surface area contributed by atoms with Crippen LogP contribution >= 0.6 is 0 Å². The number of halogens is 2. The second-order valence-electron chi connectivity index (χ2n) is 4.44. The number of carbonyl (C=O) groups excluding carboxylic acids is 1. The maximum Gasteiger partial charge on any atom is 0.261 e. The van der Waals surface area contributed by atoms with Crippen molar-refractivity contribution >= 4 is 5.91 Å². The molecule has 0 bridgehead atoms. The molecule has 0 spiro atoms. The van der Waals surface area contributed by atoms with E-state index in [1.165, 1.54) is 4.90 Å². The zero-order valence-corrected chi connectivity index (χ0v) is 9.99. The van der Waals surface area contributed by atoms with E-state index in [0.29, 0.717) is 19.5 Å². The molecule has 0 saturated carbocycles. The lowest BCUT2D eigenvalue weighted by atomic mass is 9.89. The van der Waals surface area contributed by atoms with E-state index in [1.54, 1.807) is 0 Å². The monoisotopic (exact) mass is 251 g/mol. The average Bonchev–Trinajstić information content (AvgIpc) is 2.20. The highest BCUT2D eigenvalue weighted by Crippen LogP contribution is 2.26. The number of β-amino-alcohol motifs (C(OH)–C–C–N with tert-alkyl or cyclic N) is 1. The summed E-state index contributed by atoms with van der Waals surface area (Å²) in [5.74, 6) is -0.153. The first-order valence-electron chi connectivity index (χ1n) is 5.83. The minimum atomic E-state index is -2.50. The molecule has 1 aliphatic rings. The summed E-state index contributed by atoms with van der Waals surface area (Å²) in [5, 5.41) is 9.85. The van der Waals surface area contributed by atoms with Gasteiger partial charge in [0.25, 0.3) is 6.43 Å². The Morgan fingerprint density at radius 1 is 1.53 bits per heavy atom. The van der Waals surface area contributed by atoms with Crippen LogP contribution in [0.2, 0.25) is 0 Å². The molecular weight excluding hydrogens is 232 g/mol. The fraction of sp³-hybridized carbons (Fsp3) is 0.909. The molecule has 100 valence electrons. The molecule has 1 amide bonds. The van der Waals surface area contributed by atoms with Crippen LogP contribution in [0.1, 0.15) is 26.2 Å². The van der Waals surface area contributed by atoms with Gasteiger partial charge >= 0.3 is 0 Å². The largest absolute Gasteiger partial charge is 0.386 e. The van der Waals surface area contributed by atoms with Crippen LogP contribution in [-0.4, -0.2) is 54.2 Å². The fourth-order valence-corrected chi connectivity index (χ4v) is 1.95. The highest BCUT2D eigenvalue weighted by molar-refractivity contribution is 5.77. The fourth-order valence-electron chi connectivity index (χ4n) is 1.95. The Morgan fingerprint density at radius 3 is 2.71 bits per heavy atom. The van der Waals surface area contributed by atoms with Gasteiger partial charge in [-0.2, -0.15) is 0 Å². The summed E-state index contributed by atoms with van der Waals surface area (Å²) in [5.41, 5.74) is -0.742. The third-order valence-electron chi connectivity index (χ3n) is 2.74. The number of hydrogen-bond acceptors (Lipinski definition) is 3. The maximum absolute atomic E-state index is 11.7. The van der Waals surface area contributed by atoms with Gasteiger partial charge in [-0.05, 0) is 6.42 Å². The van der Waals surface area contributed by atoms with E-state index in [9.17, 15) is 18.7 Å². The van der Waals surface area contributed by atoms with Gasteiger partial charge in [0.1, 0.15) is 6.61 Å². The van der Waals surface area contributed by atoms with Crippen molar-refractivity contribution in [3.8, 4) is 0 Å². The zero-order valence-electron chi connectivity index (χ0n) is 9.99. The quantitative estimate of drug-likeness (QED) is 0.688. The third kappa shape index (κ3) is 4.55. The molecule has 0 unspecified atom stereocenters. The van der Waals surface area contributed by atoms with Crippen molar-refractivity contribution in [1.29, 1.82) is 0 Å². The van der Waals surface area contributed by atoms with Gasteiger partial charge in [0.05, 0.1) is 31.7 Å². The number of carbonyl (C=O) groups is 1. The second-order valence-corrected chi connectivity index (χ2v) is 4.44. The van der Waals surface area contributed by atoms with E-state index in [2.05, 4.69) is 4.74 Å². The molecule has 1 fully saturated rings. The van der Waals surface area contributed by atoms with Gasteiger partial charge in [-0.3, -0.25) is 4.79 Å². The standard InChI is InChI=1S/C11H19F2NO3/c1-2-4-11(16)7-14(8-11)10(15)3-5-17-6-9(12)13/h9,16H,2-8H2,1H3. The third-order valence-corrected chi connectivity index (χ3v) is 2.74. The Kier molecular flexibility index (Phi) is 5.27. The molecule has 0 atom stereocenters. The molecule has 0 aromatic carbocycles. The Balaban J connectivity index is 2.11. The number of likely N-dealkylation sites (tertiary alicyclic amines) is 1. The van der Waals surface area contributed by atoms with Crippen molar-refractivity contribution in [1.82, 2.24) is 4.90 Å². The van der Waals surface area contributed by atoms with Gasteiger partial charge < -0.3 is 14.7 Å². The van der Waals surface area contributed by atoms with Crippen molar-refractivity contribution in [2.45, 2.75) is 38.2 Å². The van der Waals surface area contributed by atoms with Gasteiger partial charge in [0.15, 0.2) is 0 Å². The molecule has 1 aliphatic heterocycles. The predicted octanol–water partition coefficient (Wildman–Crippen LogP) is 1.03. The van der Waals surface area contributed by atoms with Crippen LogP contribution in [0.5, 0.6) is 0 Å². The molecule has 6 heteroatoms. The van der Waals surface area contributed by atoms with Crippen LogP contribution in [0.25, 0.3) is 0 Å². The summed E-state index contributed by atoms with van der Waals surface area (Å²) in [6.45, 7) is 2.03. The van der Waals surface area contributed by atoms with E-state index in [4.69, 9.17) is 0 Å². The molecule has 1 heterocycles. The van der Waals surface area contributed by atoms with E-state index in [1.807, 2.05) is 6.92 Å². The Hall–Kier alpha value is -0.750. The zero-order chi connectivity index (χ0) is 12.9. The summed E-state index contributed by atoms with van der Waals surface area (Å²) in [4.78, 5) is 13.0. The smallest absolute Gasteiger partial charge is 0.261 e. The molecule has 0 radical (unpaired) electrons. The first-order chi connectivity index (χ1) is 7.97. The van der Waals surface area contributed by atoms with Crippen LogP contribution < -0.4 is 0 Å². The summed E-state index contributed by atoms with van der Waals surface area (Å²) in [7, 11) is 0. The summed E-state index contributed by atoms with van der Waals surface area (Å²) in [6.07, 6.45) is -0.854. The van der Waals surface area contributed by atoms with Crippen molar-refractivity contribution in [3.05, 3.63) is 0 Å². The van der Waals surface area contributed by atoms with Gasteiger partial charge in [-0.15, -0.1) is 0 Å².